The van der Waals surface area contributed by atoms with Crippen LogP contribution < -0.4 is 0 Å². The maximum absolute atomic E-state index is 13.5. The van der Waals surface area contributed by atoms with Crippen molar-refractivity contribution in [3.63, 3.8) is 0 Å². The van der Waals surface area contributed by atoms with Crippen LogP contribution in [-0.4, -0.2) is 91.5 Å². The molecule has 2 spiro atoms. The van der Waals surface area contributed by atoms with Crippen LogP contribution in [0.4, 0.5) is 13.2 Å². The first kappa shape index (κ1) is 28.9. The van der Waals surface area contributed by atoms with Crippen LogP contribution in [-0.2, 0) is 19.6 Å². The van der Waals surface area contributed by atoms with Crippen molar-refractivity contribution in [1.82, 2.24) is 14.1 Å². The lowest BCUT2D eigenvalue weighted by molar-refractivity contribution is -0.192. The third-order valence-corrected chi connectivity index (χ3v) is 10.8. The number of hydrogen-bond acceptors (Lipinski definition) is 6. The van der Waals surface area contributed by atoms with Gasteiger partial charge >= 0.3 is 12.1 Å². The zero-order chi connectivity index (χ0) is 26.9. The van der Waals surface area contributed by atoms with Crippen molar-refractivity contribution in [2.24, 2.45) is 16.7 Å². The third kappa shape index (κ3) is 5.44. The minimum absolute atomic E-state index is 0.107. The van der Waals surface area contributed by atoms with E-state index in [2.05, 4.69) is 25.7 Å². The monoisotopic (exact) mass is 553 g/mol. The first-order valence-corrected chi connectivity index (χ1v) is 14.4. The summed E-state index contributed by atoms with van der Waals surface area (Å²) >= 11 is 1.28. The van der Waals surface area contributed by atoms with E-state index in [1.807, 2.05) is 10.3 Å². The molecule has 1 unspecified atom stereocenters. The van der Waals surface area contributed by atoms with Gasteiger partial charge in [0.1, 0.15) is 4.21 Å². The van der Waals surface area contributed by atoms with E-state index in [0.717, 1.165) is 52.0 Å². The fourth-order valence-corrected chi connectivity index (χ4v) is 8.52. The van der Waals surface area contributed by atoms with Crippen molar-refractivity contribution in [3.8, 4) is 0 Å². The average Bonchev–Trinajstić information content (AvgIpc) is 3.49. The van der Waals surface area contributed by atoms with Crippen LogP contribution in [0.15, 0.2) is 21.7 Å². The van der Waals surface area contributed by atoms with Crippen LogP contribution in [0.1, 0.15) is 40.0 Å². The lowest BCUT2D eigenvalue weighted by Gasteiger charge is -2.46. The molecule has 3 aliphatic rings. The molecule has 204 valence electrons. The van der Waals surface area contributed by atoms with Crippen LogP contribution in [0.5, 0.6) is 0 Å². The van der Waals surface area contributed by atoms with Gasteiger partial charge in [-0.2, -0.15) is 17.5 Å². The second kappa shape index (κ2) is 10.6. The number of thiophene rings is 1. The number of amides is 1. The van der Waals surface area contributed by atoms with Crippen molar-refractivity contribution in [1.29, 1.82) is 0 Å². The SMILES string of the molecule is CCN1CCC2(CN(CC(C)C)CC23CCN(S(=O)(=O)c2cccs2)CC3)C1=O.O=C(O)C(F)(F)F. The van der Waals surface area contributed by atoms with Gasteiger partial charge in [-0.3, -0.25) is 4.79 Å². The molecule has 1 aromatic rings. The summed E-state index contributed by atoms with van der Waals surface area (Å²) < 4.78 is 59.8. The Morgan fingerprint density at radius 2 is 1.78 bits per heavy atom. The number of piperidine rings is 1. The van der Waals surface area contributed by atoms with Crippen LogP contribution in [0, 0.1) is 16.7 Å². The Morgan fingerprint density at radius 1 is 1.17 bits per heavy atom. The molecule has 3 saturated heterocycles. The highest BCUT2D eigenvalue weighted by atomic mass is 32.2. The summed E-state index contributed by atoms with van der Waals surface area (Å²) in [5, 5.41) is 8.94. The Morgan fingerprint density at radius 3 is 2.22 bits per heavy atom. The lowest BCUT2D eigenvalue weighted by Crippen LogP contribution is -2.53. The van der Waals surface area contributed by atoms with Gasteiger partial charge in [-0.25, -0.2) is 13.2 Å². The van der Waals surface area contributed by atoms with Crippen LogP contribution in [0.3, 0.4) is 0 Å². The number of sulfonamides is 1. The van der Waals surface area contributed by atoms with Gasteiger partial charge in [0.05, 0.1) is 5.41 Å². The molecule has 0 aromatic carbocycles. The van der Waals surface area contributed by atoms with Crippen molar-refractivity contribution < 1.29 is 36.3 Å². The smallest absolute Gasteiger partial charge is 0.475 e. The van der Waals surface area contributed by atoms with Crippen LogP contribution in [0.25, 0.3) is 0 Å². The van der Waals surface area contributed by atoms with E-state index in [4.69, 9.17) is 9.90 Å². The van der Waals surface area contributed by atoms with Gasteiger partial charge < -0.3 is 14.9 Å². The molecule has 0 bridgehead atoms. The maximum atomic E-state index is 13.5. The molecule has 3 fully saturated rings. The molecule has 0 aliphatic carbocycles. The Hall–Kier alpha value is -1.70. The first-order chi connectivity index (χ1) is 16.7. The van der Waals surface area contributed by atoms with Crippen molar-refractivity contribution in [2.75, 3.05) is 45.8 Å². The molecular weight excluding hydrogens is 519 g/mol. The van der Waals surface area contributed by atoms with Crippen molar-refractivity contribution in [2.45, 2.75) is 50.4 Å². The van der Waals surface area contributed by atoms with E-state index in [-0.39, 0.29) is 10.8 Å². The number of carbonyl (C=O) groups excluding carboxylic acids is 1. The number of fused-ring (bicyclic) bond motifs is 1. The van der Waals surface area contributed by atoms with E-state index in [9.17, 15) is 26.4 Å². The number of carboxylic acids is 1. The fraction of sp³-hybridized carbons (Fsp3) is 0.739. The number of halogens is 3. The number of nitrogens with zero attached hydrogens (tertiary/aromatic N) is 3. The molecule has 1 aromatic heterocycles. The Kier molecular flexibility index (Phi) is 8.48. The normalized spacial score (nSPS) is 25.1. The lowest BCUT2D eigenvalue weighted by atomic mass is 9.60. The quantitative estimate of drug-likeness (QED) is 0.601. The summed E-state index contributed by atoms with van der Waals surface area (Å²) in [5.41, 5.74) is -0.443. The van der Waals surface area contributed by atoms with Crippen molar-refractivity contribution in [3.05, 3.63) is 17.5 Å². The molecule has 0 radical (unpaired) electrons. The van der Waals surface area contributed by atoms with E-state index in [1.165, 1.54) is 11.3 Å². The van der Waals surface area contributed by atoms with E-state index in [0.29, 0.717) is 29.1 Å². The van der Waals surface area contributed by atoms with Gasteiger partial charge in [-0.15, -0.1) is 11.3 Å². The Bertz CT molecular complexity index is 1040. The molecule has 8 nitrogen and oxygen atoms in total. The van der Waals surface area contributed by atoms with Crippen LogP contribution >= 0.6 is 11.3 Å². The molecule has 1 atom stereocenters. The highest BCUT2D eigenvalue weighted by molar-refractivity contribution is 7.91. The number of carboxylic acid groups (broad SMARTS) is 1. The molecule has 1 amide bonds. The van der Waals surface area contributed by atoms with E-state index >= 15 is 0 Å². The van der Waals surface area contributed by atoms with Gasteiger partial charge in [0.15, 0.2) is 0 Å². The average molecular weight is 554 g/mol. The zero-order valence-corrected chi connectivity index (χ0v) is 22.4. The first-order valence-electron chi connectivity index (χ1n) is 12.0. The Balaban J connectivity index is 0.000000454. The molecular formula is C23H34F3N3O5S2. The summed E-state index contributed by atoms with van der Waals surface area (Å²) in [7, 11) is -3.42. The molecule has 4 rings (SSSR count). The molecule has 36 heavy (non-hydrogen) atoms. The van der Waals surface area contributed by atoms with Gasteiger partial charge in [0.25, 0.3) is 10.0 Å². The number of carbonyl (C=O) groups is 2. The molecule has 13 heteroatoms. The second-order valence-electron chi connectivity index (χ2n) is 10.2. The topological polar surface area (TPSA) is 98.2 Å². The number of likely N-dealkylation sites (tertiary alicyclic amines) is 2. The maximum Gasteiger partial charge on any atom is 0.490 e. The largest absolute Gasteiger partial charge is 0.490 e. The standard InChI is InChI=1S/C21H33N3O3S2.C2HF3O2/c1-4-23-10-9-21(19(23)25)16-22(14-17(2)3)15-20(21)7-11-24(12-8-20)29(26,27)18-6-5-13-28-18;3-2(4,5)1(6)7/h5-6,13,17H,4,7-12,14-16H2,1-3H3;(H,6,7). The third-order valence-electron chi connectivity index (χ3n) is 7.56. The number of alkyl halides is 3. The molecule has 0 saturated carbocycles. The highest BCUT2D eigenvalue weighted by Crippen LogP contribution is 2.58. The molecule has 4 heterocycles. The summed E-state index contributed by atoms with van der Waals surface area (Å²) in [6, 6.07) is 3.47. The number of rotatable bonds is 5. The fourth-order valence-electron chi connectivity index (χ4n) is 5.94. The van der Waals surface area contributed by atoms with Crippen LogP contribution in [0.2, 0.25) is 0 Å². The van der Waals surface area contributed by atoms with Gasteiger partial charge in [-0.05, 0) is 43.6 Å². The zero-order valence-electron chi connectivity index (χ0n) is 20.8. The Labute approximate surface area is 214 Å². The summed E-state index contributed by atoms with van der Waals surface area (Å²) in [6.07, 6.45) is -2.63. The van der Waals surface area contributed by atoms with Gasteiger partial charge in [0, 0.05) is 51.2 Å². The predicted molar refractivity (Wildman–Crippen MR) is 129 cm³/mol. The van der Waals surface area contributed by atoms with Crippen molar-refractivity contribution >= 4 is 33.2 Å². The second-order valence-corrected chi connectivity index (χ2v) is 13.3. The highest BCUT2D eigenvalue weighted by Gasteiger charge is 2.65. The summed E-state index contributed by atoms with van der Waals surface area (Å²) in [5.74, 6) is -1.89. The number of hydrogen-bond donors (Lipinski definition) is 1. The molecule has 3 aliphatic heterocycles. The minimum atomic E-state index is -5.08. The molecule has 1 N–H and O–H groups in total. The predicted octanol–water partition coefficient (Wildman–Crippen LogP) is 3.36. The van der Waals surface area contributed by atoms with E-state index < -0.39 is 22.2 Å². The van der Waals surface area contributed by atoms with Gasteiger partial charge in [-0.1, -0.05) is 19.9 Å². The summed E-state index contributed by atoms with van der Waals surface area (Å²) in [4.78, 5) is 26.9. The van der Waals surface area contributed by atoms with Gasteiger partial charge in [0.2, 0.25) is 5.91 Å². The number of aliphatic carboxylic acids is 1. The van der Waals surface area contributed by atoms with E-state index in [1.54, 1.807) is 16.4 Å². The summed E-state index contributed by atoms with van der Waals surface area (Å²) in [6.45, 7) is 11.9. The minimum Gasteiger partial charge on any atom is -0.475 e.